The first kappa shape index (κ1) is 14.5. The van der Waals surface area contributed by atoms with E-state index in [1.54, 1.807) is 12.1 Å². The molecule has 1 aromatic rings. The highest BCUT2D eigenvalue weighted by atomic mass is 79.9. The zero-order valence-electron chi connectivity index (χ0n) is 9.51. The Morgan fingerprint density at radius 3 is 2.72 bits per heavy atom. The van der Waals surface area contributed by atoms with E-state index in [1.807, 2.05) is 0 Å². The summed E-state index contributed by atoms with van der Waals surface area (Å²) in [5.74, 6) is -1.45. The number of hydrogen-bond acceptors (Lipinski definition) is 4. The minimum atomic E-state index is -1.99. The predicted octanol–water partition coefficient (Wildman–Crippen LogP) is 1.01. The third kappa shape index (κ3) is 4.34. The lowest BCUT2D eigenvalue weighted by molar-refractivity contribution is -0.156. The summed E-state index contributed by atoms with van der Waals surface area (Å²) in [6.07, 6.45) is 2.61. The standard InChI is InChI=1S/C11H12BrNO5/c1-11(17,10(15)16)6-13-9(14)5-3-7-2-4-8(12)18-7/h2-5,17H,6H2,1H3,(H,13,14)(H,15,16). The third-order valence-corrected chi connectivity index (χ3v) is 2.49. The highest BCUT2D eigenvalue weighted by molar-refractivity contribution is 9.10. The molecule has 18 heavy (non-hydrogen) atoms. The maximum atomic E-state index is 11.3. The van der Waals surface area contributed by atoms with Crippen LogP contribution in [-0.4, -0.2) is 34.2 Å². The average Bonchev–Trinajstić information content (AvgIpc) is 2.69. The summed E-state index contributed by atoms with van der Waals surface area (Å²) >= 11 is 3.11. The van der Waals surface area contributed by atoms with Gasteiger partial charge in [-0.25, -0.2) is 4.79 Å². The van der Waals surface area contributed by atoms with E-state index in [0.29, 0.717) is 10.4 Å². The topological polar surface area (TPSA) is 99.8 Å². The van der Waals surface area contributed by atoms with Crippen molar-refractivity contribution in [2.75, 3.05) is 6.54 Å². The van der Waals surface area contributed by atoms with Crippen molar-refractivity contribution in [2.24, 2.45) is 0 Å². The second-order valence-electron chi connectivity index (χ2n) is 3.77. The minimum absolute atomic E-state index is 0.382. The van der Waals surface area contributed by atoms with Crippen LogP contribution in [0, 0.1) is 0 Å². The number of carboxylic acid groups (broad SMARTS) is 1. The Morgan fingerprint density at radius 2 is 2.22 bits per heavy atom. The van der Waals surface area contributed by atoms with E-state index in [-0.39, 0.29) is 6.54 Å². The first-order chi connectivity index (χ1) is 8.31. The molecule has 0 radical (unpaired) electrons. The van der Waals surface area contributed by atoms with Crippen molar-refractivity contribution >= 4 is 33.9 Å². The third-order valence-electron chi connectivity index (χ3n) is 2.06. The normalized spacial score (nSPS) is 14.4. The summed E-state index contributed by atoms with van der Waals surface area (Å²) in [4.78, 5) is 21.9. The number of nitrogens with one attached hydrogen (secondary N) is 1. The molecule has 0 aliphatic rings. The maximum Gasteiger partial charge on any atom is 0.337 e. The molecule has 0 spiro atoms. The Balaban J connectivity index is 2.48. The second kappa shape index (κ2) is 5.83. The van der Waals surface area contributed by atoms with Crippen molar-refractivity contribution in [3.05, 3.63) is 28.6 Å². The van der Waals surface area contributed by atoms with Crippen molar-refractivity contribution < 1.29 is 24.2 Å². The van der Waals surface area contributed by atoms with Crippen LogP contribution in [0.3, 0.4) is 0 Å². The van der Waals surface area contributed by atoms with E-state index >= 15 is 0 Å². The molecule has 0 fully saturated rings. The minimum Gasteiger partial charge on any atom is -0.479 e. The number of aliphatic hydroxyl groups is 1. The molecule has 1 aromatic heterocycles. The number of carbonyl (C=O) groups is 2. The number of carboxylic acids is 1. The molecule has 1 unspecified atom stereocenters. The van der Waals surface area contributed by atoms with Crippen molar-refractivity contribution in [2.45, 2.75) is 12.5 Å². The number of furan rings is 1. The Kier molecular flexibility index (Phi) is 4.69. The summed E-state index contributed by atoms with van der Waals surface area (Å²) in [7, 11) is 0. The Labute approximate surface area is 111 Å². The van der Waals surface area contributed by atoms with Gasteiger partial charge in [-0.15, -0.1) is 0 Å². The molecular formula is C11H12BrNO5. The van der Waals surface area contributed by atoms with Gasteiger partial charge in [-0.1, -0.05) is 0 Å². The molecule has 0 saturated carbocycles. The molecule has 3 N–H and O–H groups in total. The second-order valence-corrected chi connectivity index (χ2v) is 4.55. The van der Waals surface area contributed by atoms with Crippen LogP contribution < -0.4 is 5.32 Å². The molecule has 98 valence electrons. The predicted molar refractivity (Wildman–Crippen MR) is 66.7 cm³/mol. The van der Waals surface area contributed by atoms with Gasteiger partial charge in [-0.3, -0.25) is 4.79 Å². The molecule has 0 aliphatic heterocycles. The fraction of sp³-hybridized carbons (Fsp3) is 0.273. The molecular weight excluding hydrogens is 306 g/mol. The molecule has 0 aliphatic carbocycles. The molecule has 1 atom stereocenters. The van der Waals surface area contributed by atoms with Gasteiger partial charge < -0.3 is 19.9 Å². The van der Waals surface area contributed by atoms with Gasteiger partial charge in [0, 0.05) is 6.08 Å². The van der Waals surface area contributed by atoms with Crippen LogP contribution in [0.4, 0.5) is 0 Å². The lowest BCUT2D eigenvalue weighted by Gasteiger charge is -2.17. The molecule has 7 heteroatoms. The molecule has 0 bridgehead atoms. The van der Waals surface area contributed by atoms with Crippen molar-refractivity contribution in [3.63, 3.8) is 0 Å². The molecule has 1 heterocycles. The summed E-state index contributed by atoms with van der Waals surface area (Å²) in [5.41, 5.74) is -1.99. The van der Waals surface area contributed by atoms with Gasteiger partial charge in [-0.05, 0) is 41.1 Å². The number of carbonyl (C=O) groups excluding carboxylic acids is 1. The number of amides is 1. The van der Waals surface area contributed by atoms with E-state index in [4.69, 9.17) is 9.52 Å². The fourth-order valence-corrected chi connectivity index (χ4v) is 1.29. The van der Waals surface area contributed by atoms with Gasteiger partial charge in [0.2, 0.25) is 5.91 Å². The Morgan fingerprint density at radius 1 is 1.56 bits per heavy atom. The maximum absolute atomic E-state index is 11.3. The molecule has 1 rings (SSSR count). The van der Waals surface area contributed by atoms with Crippen LogP contribution in [-0.2, 0) is 9.59 Å². The summed E-state index contributed by atoms with van der Waals surface area (Å²) in [6, 6.07) is 3.33. The number of aliphatic carboxylic acids is 1. The van der Waals surface area contributed by atoms with Gasteiger partial charge >= 0.3 is 5.97 Å². The molecule has 6 nitrogen and oxygen atoms in total. The van der Waals surface area contributed by atoms with Crippen molar-refractivity contribution in [1.29, 1.82) is 0 Å². The molecule has 0 saturated heterocycles. The molecule has 1 amide bonds. The van der Waals surface area contributed by atoms with Gasteiger partial charge in [0.15, 0.2) is 10.3 Å². The SMILES string of the molecule is CC(O)(CNC(=O)C=Cc1ccc(Br)o1)C(=O)O. The number of halogens is 1. The van der Waals surface area contributed by atoms with Gasteiger partial charge in [0.25, 0.3) is 0 Å². The fourth-order valence-electron chi connectivity index (χ4n) is 0.969. The van der Waals surface area contributed by atoms with Gasteiger partial charge in [0.1, 0.15) is 5.76 Å². The van der Waals surface area contributed by atoms with Crippen LogP contribution in [0.2, 0.25) is 0 Å². The highest BCUT2D eigenvalue weighted by Crippen LogP contribution is 2.14. The number of rotatable bonds is 5. The lowest BCUT2D eigenvalue weighted by Crippen LogP contribution is -2.46. The van der Waals surface area contributed by atoms with E-state index < -0.39 is 17.5 Å². The largest absolute Gasteiger partial charge is 0.479 e. The van der Waals surface area contributed by atoms with E-state index in [0.717, 1.165) is 6.92 Å². The van der Waals surface area contributed by atoms with E-state index in [1.165, 1.54) is 12.2 Å². The van der Waals surface area contributed by atoms with Crippen LogP contribution in [0.5, 0.6) is 0 Å². The summed E-state index contributed by atoms with van der Waals surface area (Å²) in [6.45, 7) is 0.719. The van der Waals surface area contributed by atoms with Gasteiger partial charge in [0.05, 0.1) is 6.54 Å². The van der Waals surface area contributed by atoms with Crippen LogP contribution in [0.25, 0.3) is 6.08 Å². The monoisotopic (exact) mass is 317 g/mol. The van der Waals surface area contributed by atoms with E-state index in [9.17, 15) is 14.7 Å². The van der Waals surface area contributed by atoms with Crippen LogP contribution >= 0.6 is 15.9 Å². The van der Waals surface area contributed by atoms with Crippen molar-refractivity contribution in [1.82, 2.24) is 5.32 Å². The lowest BCUT2D eigenvalue weighted by atomic mass is 10.1. The summed E-state index contributed by atoms with van der Waals surface area (Å²) < 4.78 is 5.66. The quantitative estimate of drug-likeness (QED) is 0.704. The number of hydrogen-bond donors (Lipinski definition) is 3. The Bertz CT molecular complexity index is 478. The first-order valence-corrected chi connectivity index (χ1v) is 5.77. The summed E-state index contributed by atoms with van der Waals surface area (Å²) in [5, 5.41) is 20.3. The van der Waals surface area contributed by atoms with Crippen molar-refractivity contribution in [3.8, 4) is 0 Å². The zero-order chi connectivity index (χ0) is 13.8. The highest BCUT2D eigenvalue weighted by Gasteiger charge is 2.29. The Hall–Kier alpha value is -1.60. The van der Waals surface area contributed by atoms with Gasteiger partial charge in [-0.2, -0.15) is 0 Å². The van der Waals surface area contributed by atoms with Crippen LogP contribution in [0.15, 0.2) is 27.3 Å². The van der Waals surface area contributed by atoms with E-state index in [2.05, 4.69) is 21.2 Å². The average molecular weight is 318 g/mol. The smallest absolute Gasteiger partial charge is 0.337 e. The van der Waals surface area contributed by atoms with Crippen LogP contribution in [0.1, 0.15) is 12.7 Å². The zero-order valence-corrected chi connectivity index (χ0v) is 11.1. The molecule has 0 aromatic carbocycles. The first-order valence-electron chi connectivity index (χ1n) is 4.98.